The van der Waals surface area contributed by atoms with Gasteiger partial charge in [-0.15, -0.1) is 0 Å². The van der Waals surface area contributed by atoms with Gasteiger partial charge in [-0.2, -0.15) is 11.3 Å². The number of aromatic nitrogens is 2. The molecule has 0 spiro atoms. The van der Waals surface area contributed by atoms with Crippen molar-refractivity contribution in [1.82, 2.24) is 9.97 Å². The Morgan fingerprint density at radius 3 is 2.68 bits per heavy atom. The topological polar surface area (TPSA) is 59.1 Å². The molecule has 0 fully saturated rings. The Morgan fingerprint density at radius 2 is 2.05 bits per heavy atom. The zero-order chi connectivity index (χ0) is 13.5. The van der Waals surface area contributed by atoms with Crippen molar-refractivity contribution in [3.8, 4) is 5.75 Å². The zero-order valence-corrected chi connectivity index (χ0v) is 12.0. The average Bonchev–Trinajstić information content (AvgIpc) is 2.93. The second-order valence-corrected chi connectivity index (χ2v) is 4.72. The third-order valence-corrected chi connectivity index (χ3v) is 3.37. The van der Waals surface area contributed by atoms with Gasteiger partial charge in [0, 0.05) is 13.1 Å². The molecule has 2 N–H and O–H groups in total. The van der Waals surface area contributed by atoms with E-state index in [1.54, 1.807) is 18.4 Å². The first-order valence-electron chi connectivity index (χ1n) is 6.23. The van der Waals surface area contributed by atoms with Gasteiger partial charge in [-0.3, -0.25) is 0 Å². The van der Waals surface area contributed by atoms with Crippen LogP contribution in [0.2, 0.25) is 0 Å². The molecule has 2 rings (SSSR count). The van der Waals surface area contributed by atoms with Gasteiger partial charge in [0.2, 0.25) is 5.75 Å². The molecular formula is C13H18N4OS. The maximum Gasteiger partial charge on any atom is 0.204 e. The van der Waals surface area contributed by atoms with Crippen molar-refractivity contribution < 1.29 is 4.74 Å². The summed E-state index contributed by atoms with van der Waals surface area (Å²) in [6, 6.07) is 2.13. The van der Waals surface area contributed by atoms with Crippen LogP contribution in [0.4, 0.5) is 11.6 Å². The Balaban J connectivity index is 2.00. The lowest BCUT2D eigenvalue weighted by Gasteiger charge is -2.13. The van der Waals surface area contributed by atoms with E-state index in [9.17, 15) is 0 Å². The van der Waals surface area contributed by atoms with Crippen molar-refractivity contribution in [2.75, 3.05) is 30.8 Å². The van der Waals surface area contributed by atoms with E-state index in [0.717, 1.165) is 31.1 Å². The summed E-state index contributed by atoms with van der Waals surface area (Å²) in [6.45, 7) is 3.63. The average molecular weight is 278 g/mol. The fraction of sp³-hybridized carbons (Fsp3) is 0.385. The Labute approximate surface area is 117 Å². The largest absolute Gasteiger partial charge is 0.490 e. The van der Waals surface area contributed by atoms with Crippen molar-refractivity contribution in [2.45, 2.75) is 13.3 Å². The Morgan fingerprint density at radius 1 is 1.26 bits per heavy atom. The van der Waals surface area contributed by atoms with Crippen molar-refractivity contribution in [2.24, 2.45) is 0 Å². The molecular weight excluding hydrogens is 260 g/mol. The Kier molecular flexibility index (Phi) is 4.97. The molecule has 0 saturated heterocycles. The van der Waals surface area contributed by atoms with Crippen molar-refractivity contribution >= 4 is 23.0 Å². The minimum atomic E-state index is 0.662. The van der Waals surface area contributed by atoms with Gasteiger partial charge >= 0.3 is 0 Å². The summed E-state index contributed by atoms with van der Waals surface area (Å²) >= 11 is 1.71. The first kappa shape index (κ1) is 13.6. The zero-order valence-electron chi connectivity index (χ0n) is 11.1. The minimum absolute atomic E-state index is 0.662. The van der Waals surface area contributed by atoms with Crippen LogP contribution in [0.5, 0.6) is 5.75 Å². The van der Waals surface area contributed by atoms with E-state index < -0.39 is 0 Å². The number of rotatable bonds is 7. The van der Waals surface area contributed by atoms with Gasteiger partial charge in [0.05, 0.1) is 7.11 Å². The summed E-state index contributed by atoms with van der Waals surface area (Å²) in [5.74, 6) is 2.11. The normalized spacial score (nSPS) is 10.2. The van der Waals surface area contributed by atoms with E-state index in [0.29, 0.717) is 5.75 Å². The highest BCUT2D eigenvalue weighted by Gasteiger charge is 2.10. The first-order chi connectivity index (χ1) is 9.35. The Bertz CT molecular complexity index is 501. The number of nitrogens with one attached hydrogen (secondary N) is 2. The molecule has 0 saturated carbocycles. The molecule has 102 valence electrons. The van der Waals surface area contributed by atoms with E-state index >= 15 is 0 Å². The quantitative estimate of drug-likeness (QED) is 0.815. The van der Waals surface area contributed by atoms with Crippen molar-refractivity contribution in [3.63, 3.8) is 0 Å². The summed E-state index contributed by atoms with van der Waals surface area (Å²) in [4.78, 5) is 8.40. The van der Waals surface area contributed by atoms with Gasteiger partial charge in [0.1, 0.15) is 6.33 Å². The van der Waals surface area contributed by atoms with E-state index in [2.05, 4.69) is 37.4 Å². The van der Waals surface area contributed by atoms with Crippen LogP contribution in [0.15, 0.2) is 23.2 Å². The van der Waals surface area contributed by atoms with E-state index in [1.807, 2.05) is 6.92 Å². The first-order valence-corrected chi connectivity index (χ1v) is 7.17. The lowest BCUT2D eigenvalue weighted by molar-refractivity contribution is 0.414. The monoisotopic (exact) mass is 278 g/mol. The molecule has 2 aromatic rings. The highest BCUT2D eigenvalue weighted by molar-refractivity contribution is 7.07. The number of thiophene rings is 1. The van der Waals surface area contributed by atoms with E-state index in [-0.39, 0.29) is 0 Å². The van der Waals surface area contributed by atoms with Crippen LogP contribution in [0.3, 0.4) is 0 Å². The predicted molar refractivity (Wildman–Crippen MR) is 79.3 cm³/mol. The van der Waals surface area contributed by atoms with Crippen LogP contribution < -0.4 is 15.4 Å². The number of methoxy groups -OCH3 is 1. The van der Waals surface area contributed by atoms with Gasteiger partial charge in [-0.25, -0.2) is 9.97 Å². The molecule has 0 bridgehead atoms. The molecule has 0 unspecified atom stereocenters. The van der Waals surface area contributed by atoms with Crippen LogP contribution >= 0.6 is 11.3 Å². The fourth-order valence-corrected chi connectivity index (χ4v) is 2.45. The number of hydrogen-bond donors (Lipinski definition) is 2. The molecule has 5 nitrogen and oxygen atoms in total. The van der Waals surface area contributed by atoms with E-state index in [4.69, 9.17) is 4.74 Å². The molecule has 0 aromatic carbocycles. The maximum absolute atomic E-state index is 5.37. The van der Waals surface area contributed by atoms with Gasteiger partial charge in [0.25, 0.3) is 0 Å². The SMILES string of the molecule is CCNc1ncnc(NCCc2ccsc2)c1OC. The smallest absolute Gasteiger partial charge is 0.204 e. The third-order valence-electron chi connectivity index (χ3n) is 2.64. The third kappa shape index (κ3) is 3.57. The summed E-state index contributed by atoms with van der Waals surface area (Å²) in [5.41, 5.74) is 1.33. The maximum atomic E-state index is 5.37. The lowest BCUT2D eigenvalue weighted by atomic mass is 10.2. The number of ether oxygens (including phenoxy) is 1. The second kappa shape index (κ2) is 6.94. The molecule has 0 aliphatic rings. The highest BCUT2D eigenvalue weighted by atomic mass is 32.1. The molecule has 0 aliphatic heterocycles. The molecule has 0 aliphatic carbocycles. The van der Waals surface area contributed by atoms with Gasteiger partial charge in [0.15, 0.2) is 11.6 Å². The molecule has 2 aromatic heterocycles. The summed E-state index contributed by atoms with van der Waals surface area (Å²) < 4.78 is 5.37. The molecule has 6 heteroatoms. The number of nitrogens with zero attached hydrogens (tertiary/aromatic N) is 2. The second-order valence-electron chi connectivity index (χ2n) is 3.94. The van der Waals surface area contributed by atoms with E-state index in [1.165, 1.54) is 11.9 Å². The fourth-order valence-electron chi connectivity index (χ4n) is 1.75. The van der Waals surface area contributed by atoms with Crippen LogP contribution in [-0.4, -0.2) is 30.2 Å². The minimum Gasteiger partial charge on any atom is -0.490 e. The van der Waals surface area contributed by atoms with Crippen LogP contribution in [0.25, 0.3) is 0 Å². The van der Waals surface area contributed by atoms with Gasteiger partial charge < -0.3 is 15.4 Å². The number of hydrogen-bond acceptors (Lipinski definition) is 6. The van der Waals surface area contributed by atoms with Crippen molar-refractivity contribution in [1.29, 1.82) is 0 Å². The predicted octanol–water partition coefficient (Wildman–Crippen LogP) is 2.63. The van der Waals surface area contributed by atoms with Crippen molar-refractivity contribution in [3.05, 3.63) is 28.7 Å². The van der Waals surface area contributed by atoms with Crippen LogP contribution in [-0.2, 0) is 6.42 Å². The number of anilines is 2. The standard InChI is InChI=1S/C13H18N4OS/c1-3-14-12-11(18-2)13(17-9-16-12)15-6-4-10-5-7-19-8-10/h5,7-9H,3-4,6H2,1-2H3,(H2,14,15,16,17). The van der Waals surface area contributed by atoms with Crippen LogP contribution in [0, 0.1) is 0 Å². The van der Waals surface area contributed by atoms with Gasteiger partial charge in [-0.1, -0.05) is 0 Å². The van der Waals surface area contributed by atoms with Crippen LogP contribution in [0.1, 0.15) is 12.5 Å². The summed E-state index contributed by atoms with van der Waals surface area (Å²) in [7, 11) is 1.63. The Hall–Kier alpha value is -1.82. The molecule has 0 atom stereocenters. The summed E-state index contributed by atoms with van der Waals surface area (Å²) in [5, 5.41) is 10.7. The molecule has 0 radical (unpaired) electrons. The molecule has 2 heterocycles. The molecule has 0 amide bonds. The van der Waals surface area contributed by atoms with Gasteiger partial charge in [-0.05, 0) is 35.7 Å². The molecule has 19 heavy (non-hydrogen) atoms. The summed E-state index contributed by atoms with van der Waals surface area (Å²) in [6.07, 6.45) is 2.50. The lowest BCUT2D eigenvalue weighted by Crippen LogP contribution is -2.10. The highest BCUT2D eigenvalue weighted by Crippen LogP contribution is 2.28.